The van der Waals surface area contributed by atoms with E-state index in [9.17, 15) is 18.0 Å². The van der Waals surface area contributed by atoms with Gasteiger partial charge in [0, 0.05) is 25.7 Å². The van der Waals surface area contributed by atoms with Crippen molar-refractivity contribution in [2.24, 2.45) is 0 Å². The summed E-state index contributed by atoms with van der Waals surface area (Å²) in [7, 11) is 0. The van der Waals surface area contributed by atoms with Crippen molar-refractivity contribution in [3.63, 3.8) is 0 Å². The van der Waals surface area contributed by atoms with Crippen LogP contribution in [-0.4, -0.2) is 55.7 Å². The fourth-order valence-corrected chi connectivity index (χ4v) is 1.61. The normalized spacial score (nSPS) is 23.1. The number of amides is 1. The van der Waals surface area contributed by atoms with Gasteiger partial charge in [0.05, 0.1) is 6.54 Å². The maximum absolute atomic E-state index is 11.8. The Hall–Kier alpha value is -0.820. The molecule has 1 atom stereocenters. The molecule has 0 bridgehead atoms. The minimum atomic E-state index is -4.34. The summed E-state index contributed by atoms with van der Waals surface area (Å²) in [6, 6.07) is 0.268. The van der Waals surface area contributed by atoms with Crippen molar-refractivity contribution >= 4 is 5.91 Å². The third-order valence-corrected chi connectivity index (χ3v) is 2.31. The lowest BCUT2D eigenvalue weighted by Crippen LogP contribution is -2.52. The fraction of sp³-hybridized carbons (Fsp3) is 0.889. The first-order valence-electron chi connectivity index (χ1n) is 5.16. The number of nitrogens with one attached hydrogen (secondary N) is 2. The van der Waals surface area contributed by atoms with Crippen LogP contribution in [0.4, 0.5) is 13.2 Å². The lowest BCUT2D eigenvalue weighted by molar-refractivity contribution is -0.139. The Bertz CT molecular complexity index is 245. The van der Waals surface area contributed by atoms with Gasteiger partial charge in [0.15, 0.2) is 0 Å². The van der Waals surface area contributed by atoms with Crippen LogP contribution in [0.3, 0.4) is 0 Å². The van der Waals surface area contributed by atoms with Crippen molar-refractivity contribution in [3.05, 3.63) is 0 Å². The van der Waals surface area contributed by atoms with E-state index in [-0.39, 0.29) is 12.6 Å². The van der Waals surface area contributed by atoms with Crippen molar-refractivity contribution in [1.82, 2.24) is 15.5 Å². The minimum Gasteiger partial charge on any atom is -0.346 e. The number of halogens is 3. The van der Waals surface area contributed by atoms with Gasteiger partial charge in [0.1, 0.15) is 6.54 Å². The largest absolute Gasteiger partial charge is 0.405 e. The lowest BCUT2D eigenvalue weighted by atomic mass is 10.2. The van der Waals surface area contributed by atoms with E-state index in [0.29, 0.717) is 13.1 Å². The molecule has 0 radical (unpaired) electrons. The first-order valence-corrected chi connectivity index (χ1v) is 5.16. The third-order valence-electron chi connectivity index (χ3n) is 2.31. The summed E-state index contributed by atoms with van der Waals surface area (Å²) in [6.07, 6.45) is -4.34. The second kappa shape index (κ2) is 5.49. The number of carbonyl (C=O) groups is 1. The molecule has 94 valence electrons. The first kappa shape index (κ1) is 13.2. The fourth-order valence-electron chi connectivity index (χ4n) is 1.61. The topological polar surface area (TPSA) is 44.4 Å². The predicted octanol–water partition coefficient (Wildman–Crippen LogP) is -0.0414. The van der Waals surface area contributed by atoms with Crippen LogP contribution in [0.15, 0.2) is 0 Å². The molecule has 0 aromatic carbocycles. The van der Waals surface area contributed by atoms with Gasteiger partial charge in [0.2, 0.25) is 5.91 Å². The van der Waals surface area contributed by atoms with Crippen LogP contribution < -0.4 is 10.6 Å². The number of alkyl halides is 3. The summed E-state index contributed by atoms with van der Waals surface area (Å²) in [4.78, 5) is 13.0. The molecule has 0 aromatic rings. The molecule has 4 nitrogen and oxygen atoms in total. The molecule has 16 heavy (non-hydrogen) atoms. The van der Waals surface area contributed by atoms with Crippen LogP contribution in [0, 0.1) is 0 Å². The van der Waals surface area contributed by atoms with Gasteiger partial charge in [-0.25, -0.2) is 0 Å². The van der Waals surface area contributed by atoms with Gasteiger partial charge >= 0.3 is 6.18 Å². The van der Waals surface area contributed by atoms with Crippen molar-refractivity contribution in [1.29, 1.82) is 0 Å². The zero-order valence-electron chi connectivity index (χ0n) is 9.10. The number of hydrogen-bond donors (Lipinski definition) is 2. The maximum Gasteiger partial charge on any atom is 0.405 e. The van der Waals surface area contributed by atoms with E-state index in [1.807, 2.05) is 17.1 Å². The third kappa shape index (κ3) is 5.32. The summed E-state index contributed by atoms with van der Waals surface area (Å²) < 4.78 is 35.5. The summed E-state index contributed by atoms with van der Waals surface area (Å²) in [6.45, 7) is 2.87. The highest BCUT2D eigenvalue weighted by atomic mass is 19.4. The van der Waals surface area contributed by atoms with E-state index in [1.165, 1.54) is 0 Å². The van der Waals surface area contributed by atoms with E-state index < -0.39 is 18.6 Å². The van der Waals surface area contributed by atoms with Gasteiger partial charge in [0.25, 0.3) is 0 Å². The number of hydrogen-bond acceptors (Lipinski definition) is 3. The van der Waals surface area contributed by atoms with Gasteiger partial charge in [-0.2, -0.15) is 13.2 Å². The highest BCUT2D eigenvalue weighted by molar-refractivity contribution is 5.78. The van der Waals surface area contributed by atoms with Crippen molar-refractivity contribution in [2.75, 3.05) is 32.7 Å². The molecular formula is C9H16F3N3O. The number of piperazine rings is 1. The Balaban J connectivity index is 2.23. The SMILES string of the molecule is CC1CN(CC(=O)NCC(F)(F)F)CCN1. The highest BCUT2D eigenvalue weighted by Crippen LogP contribution is 2.12. The molecule has 0 aliphatic carbocycles. The first-order chi connectivity index (χ1) is 7.37. The Morgan fingerprint density at radius 1 is 1.56 bits per heavy atom. The Kier molecular flexibility index (Phi) is 4.55. The molecule has 1 heterocycles. The van der Waals surface area contributed by atoms with Crippen LogP contribution in [0.25, 0.3) is 0 Å². The summed E-state index contributed by atoms with van der Waals surface area (Å²) in [5.74, 6) is -0.577. The molecule has 1 rings (SSSR count). The summed E-state index contributed by atoms with van der Waals surface area (Å²) in [5, 5.41) is 5.05. The van der Waals surface area contributed by atoms with Gasteiger partial charge in [-0.15, -0.1) is 0 Å². The van der Waals surface area contributed by atoms with Crippen molar-refractivity contribution < 1.29 is 18.0 Å². The van der Waals surface area contributed by atoms with E-state index >= 15 is 0 Å². The molecule has 1 aliphatic heterocycles. The zero-order valence-corrected chi connectivity index (χ0v) is 9.10. The van der Waals surface area contributed by atoms with E-state index in [2.05, 4.69) is 5.32 Å². The van der Waals surface area contributed by atoms with E-state index in [4.69, 9.17) is 0 Å². The van der Waals surface area contributed by atoms with Crippen molar-refractivity contribution in [2.45, 2.75) is 19.1 Å². The molecule has 0 saturated carbocycles. The molecule has 7 heteroatoms. The van der Waals surface area contributed by atoms with Gasteiger partial charge < -0.3 is 10.6 Å². The van der Waals surface area contributed by atoms with Crippen LogP contribution in [0.2, 0.25) is 0 Å². The van der Waals surface area contributed by atoms with Gasteiger partial charge in [-0.1, -0.05) is 0 Å². The molecule has 0 spiro atoms. The monoisotopic (exact) mass is 239 g/mol. The molecule has 0 aromatic heterocycles. The Morgan fingerprint density at radius 2 is 2.25 bits per heavy atom. The molecule has 1 aliphatic rings. The lowest BCUT2D eigenvalue weighted by Gasteiger charge is -2.31. The van der Waals surface area contributed by atoms with Crippen LogP contribution >= 0.6 is 0 Å². The highest BCUT2D eigenvalue weighted by Gasteiger charge is 2.28. The number of rotatable bonds is 3. The average molecular weight is 239 g/mol. The molecular weight excluding hydrogens is 223 g/mol. The number of nitrogens with zero attached hydrogens (tertiary/aromatic N) is 1. The van der Waals surface area contributed by atoms with Crippen molar-refractivity contribution in [3.8, 4) is 0 Å². The molecule has 1 amide bonds. The van der Waals surface area contributed by atoms with E-state index in [1.54, 1.807) is 0 Å². The summed E-state index contributed by atoms with van der Waals surface area (Å²) in [5.41, 5.74) is 0. The van der Waals surface area contributed by atoms with Gasteiger partial charge in [-0.3, -0.25) is 9.69 Å². The van der Waals surface area contributed by atoms with Crippen LogP contribution in [0.1, 0.15) is 6.92 Å². The van der Waals surface area contributed by atoms with E-state index in [0.717, 1.165) is 6.54 Å². The smallest absolute Gasteiger partial charge is 0.346 e. The summed E-state index contributed by atoms with van der Waals surface area (Å²) >= 11 is 0. The predicted molar refractivity (Wildman–Crippen MR) is 53.0 cm³/mol. The standard InChI is InChI=1S/C9H16F3N3O/c1-7-4-15(3-2-13-7)5-8(16)14-6-9(10,11)12/h7,13H,2-6H2,1H3,(H,14,16). The quantitative estimate of drug-likeness (QED) is 0.726. The van der Waals surface area contributed by atoms with Crippen LogP contribution in [0.5, 0.6) is 0 Å². The Morgan fingerprint density at radius 3 is 2.81 bits per heavy atom. The maximum atomic E-state index is 11.8. The average Bonchev–Trinajstić information content (AvgIpc) is 2.14. The Labute approximate surface area is 92.2 Å². The van der Waals surface area contributed by atoms with Crippen LogP contribution in [-0.2, 0) is 4.79 Å². The number of carbonyl (C=O) groups excluding carboxylic acids is 1. The molecule has 2 N–H and O–H groups in total. The second-order valence-electron chi connectivity index (χ2n) is 3.98. The zero-order chi connectivity index (χ0) is 12.2. The molecule has 1 unspecified atom stereocenters. The second-order valence-corrected chi connectivity index (χ2v) is 3.98. The molecule has 1 fully saturated rings. The van der Waals surface area contributed by atoms with Gasteiger partial charge in [-0.05, 0) is 6.92 Å². The molecule has 1 saturated heterocycles. The minimum absolute atomic E-state index is 0.0299.